The highest BCUT2D eigenvalue weighted by Crippen LogP contribution is 2.33. The van der Waals surface area contributed by atoms with E-state index < -0.39 is 41.0 Å². The van der Waals surface area contributed by atoms with Gasteiger partial charge in [0.1, 0.15) is 11.5 Å². The number of alkyl halides is 2. The molecule has 0 radical (unpaired) electrons. The fourth-order valence-corrected chi connectivity index (χ4v) is 1.68. The van der Waals surface area contributed by atoms with Gasteiger partial charge in [-0.2, -0.15) is 0 Å². The van der Waals surface area contributed by atoms with Crippen molar-refractivity contribution in [3.05, 3.63) is 33.1 Å². The number of aliphatic hydroxyl groups excluding tert-OH is 1. The topological polar surface area (TPSA) is 66.6 Å². The maximum Gasteiger partial charge on any atom is 0.295 e. The zero-order chi connectivity index (χ0) is 14.6. The van der Waals surface area contributed by atoms with Gasteiger partial charge in [0.15, 0.2) is 0 Å². The predicted molar refractivity (Wildman–Crippen MR) is 63.4 cm³/mol. The Morgan fingerprint density at radius 2 is 2.11 bits per heavy atom. The average molecular weight is 299 g/mol. The molecule has 0 aliphatic rings. The molecule has 0 saturated carbocycles. The molecule has 19 heavy (non-hydrogen) atoms. The fourth-order valence-electron chi connectivity index (χ4n) is 1.52. The molecule has 1 aromatic carbocycles. The number of anilines is 1. The summed E-state index contributed by atoms with van der Waals surface area (Å²) in [7, 11) is 0. The lowest BCUT2D eigenvalue weighted by molar-refractivity contribution is -0.384. The van der Waals surface area contributed by atoms with Crippen molar-refractivity contribution in [2.75, 3.05) is 24.6 Å². The van der Waals surface area contributed by atoms with Crippen LogP contribution in [-0.4, -0.2) is 36.2 Å². The normalized spacial score (nSPS) is 10.8. The van der Waals surface area contributed by atoms with E-state index in [0.717, 1.165) is 11.0 Å². The number of nitro groups is 1. The fraction of sp³-hybridized carbons (Fsp3) is 0.400. The van der Waals surface area contributed by atoms with Crippen LogP contribution in [0, 0.1) is 15.9 Å². The zero-order valence-corrected chi connectivity index (χ0v) is 10.3. The van der Waals surface area contributed by atoms with E-state index in [9.17, 15) is 23.3 Å². The molecule has 0 fully saturated rings. The van der Waals surface area contributed by atoms with Crippen molar-refractivity contribution < 1.29 is 23.2 Å². The summed E-state index contributed by atoms with van der Waals surface area (Å²) in [4.78, 5) is 10.8. The number of aliphatic hydroxyl groups is 1. The number of halogens is 4. The largest absolute Gasteiger partial charge is 0.395 e. The summed E-state index contributed by atoms with van der Waals surface area (Å²) in [5, 5.41) is 19.2. The monoisotopic (exact) mass is 298 g/mol. The maximum atomic E-state index is 13.2. The van der Waals surface area contributed by atoms with E-state index in [1.807, 2.05) is 0 Å². The van der Waals surface area contributed by atoms with Crippen molar-refractivity contribution in [3.63, 3.8) is 0 Å². The molecule has 9 heteroatoms. The highest BCUT2D eigenvalue weighted by Gasteiger charge is 2.24. The molecule has 0 aliphatic heterocycles. The highest BCUT2D eigenvalue weighted by molar-refractivity contribution is 6.31. The van der Waals surface area contributed by atoms with Crippen LogP contribution in [0.2, 0.25) is 5.02 Å². The molecule has 1 aromatic rings. The molecule has 0 bridgehead atoms. The molecule has 106 valence electrons. The van der Waals surface area contributed by atoms with Gasteiger partial charge < -0.3 is 10.0 Å². The van der Waals surface area contributed by atoms with Crippen LogP contribution in [0.5, 0.6) is 0 Å². The van der Waals surface area contributed by atoms with Crippen molar-refractivity contribution >= 4 is 23.0 Å². The molecule has 0 unspecified atom stereocenters. The standard InChI is InChI=1S/C10H10ClF3N2O3/c11-6-3-8(9(16(18)19)4-7(6)12)15(1-2-17)5-10(13)14/h3-4,10,17H,1-2,5H2. The number of hydrogen-bond acceptors (Lipinski definition) is 4. The summed E-state index contributed by atoms with van der Waals surface area (Å²) >= 11 is 5.50. The number of hydrogen-bond donors (Lipinski definition) is 1. The summed E-state index contributed by atoms with van der Waals surface area (Å²) in [6.45, 7) is -1.57. The van der Waals surface area contributed by atoms with Crippen LogP contribution in [0.25, 0.3) is 0 Å². The average Bonchev–Trinajstić information content (AvgIpc) is 2.30. The number of nitrogens with zero attached hydrogens (tertiary/aromatic N) is 2. The van der Waals surface area contributed by atoms with E-state index in [1.165, 1.54) is 0 Å². The van der Waals surface area contributed by atoms with E-state index in [-0.39, 0.29) is 12.2 Å². The second-order valence-electron chi connectivity index (χ2n) is 3.57. The molecule has 0 aliphatic carbocycles. The molecule has 0 heterocycles. The molecule has 0 atom stereocenters. The van der Waals surface area contributed by atoms with Gasteiger partial charge in [0, 0.05) is 6.54 Å². The van der Waals surface area contributed by atoms with Gasteiger partial charge in [0.25, 0.3) is 12.1 Å². The molecule has 0 saturated heterocycles. The van der Waals surface area contributed by atoms with Gasteiger partial charge >= 0.3 is 0 Å². The number of benzene rings is 1. The summed E-state index contributed by atoms with van der Waals surface area (Å²) in [5.41, 5.74) is -0.943. The summed E-state index contributed by atoms with van der Waals surface area (Å²) in [5.74, 6) is -1.02. The Labute approximate surface area is 111 Å². The van der Waals surface area contributed by atoms with E-state index >= 15 is 0 Å². The van der Waals surface area contributed by atoms with Crippen molar-refractivity contribution in [2.45, 2.75) is 6.43 Å². The summed E-state index contributed by atoms with van der Waals surface area (Å²) < 4.78 is 38.0. The Hall–Kier alpha value is -1.54. The van der Waals surface area contributed by atoms with Crippen molar-refractivity contribution in [1.82, 2.24) is 0 Å². The Kier molecular flexibility index (Phi) is 5.37. The Balaban J connectivity index is 3.26. The van der Waals surface area contributed by atoms with Gasteiger partial charge in [-0.1, -0.05) is 11.6 Å². The van der Waals surface area contributed by atoms with Gasteiger partial charge in [0.05, 0.1) is 29.2 Å². The van der Waals surface area contributed by atoms with Crippen LogP contribution < -0.4 is 4.90 Å². The third-order valence-electron chi connectivity index (χ3n) is 2.28. The smallest absolute Gasteiger partial charge is 0.295 e. The quantitative estimate of drug-likeness (QED) is 0.647. The van der Waals surface area contributed by atoms with Crippen molar-refractivity contribution in [3.8, 4) is 0 Å². The molecule has 1 N–H and O–H groups in total. The lowest BCUT2D eigenvalue weighted by Crippen LogP contribution is -2.32. The van der Waals surface area contributed by atoms with Gasteiger partial charge in [-0.25, -0.2) is 13.2 Å². The minimum Gasteiger partial charge on any atom is -0.395 e. The van der Waals surface area contributed by atoms with Crippen molar-refractivity contribution in [2.24, 2.45) is 0 Å². The van der Waals surface area contributed by atoms with Crippen LogP contribution in [0.1, 0.15) is 0 Å². The second kappa shape index (κ2) is 6.58. The minimum atomic E-state index is -2.77. The van der Waals surface area contributed by atoms with Crippen molar-refractivity contribution in [1.29, 1.82) is 0 Å². The Morgan fingerprint density at radius 3 is 2.58 bits per heavy atom. The second-order valence-corrected chi connectivity index (χ2v) is 3.98. The minimum absolute atomic E-state index is 0.257. The van der Waals surface area contributed by atoms with Gasteiger partial charge in [-0.05, 0) is 6.07 Å². The zero-order valence-electron chi connectivity index (χ0n) is 9.52. The van der Waals surface area contributed by atoms with Crippen LogP contribution in [0.4, 0.5) is 24.5 Å². The molecular weight excluding hydrogens is 289 g/mol. The first-order chi connectivity index (χ1) is 8.86. The number of rotatable bonds is 6. The van der Waals surface area contributed by atoms with E-state index in [4.69, 9.17) is 16.7 Å². The van der Waals surface area contributed by atoms with E-state index in [1.54, 1.807) is 0 Å². The van der Waals surface area contributed by atoms with Crippen LogP contribution in [-0.2, 0) is 0 Å². The van der Waals surface area contributed by atoms with Crippen LogP contribution >= 0.6 is 11.6 Å². The molecular formula is C10H10ClF3N2O3. The van der Waals surface area contributed by atoms with Crippen LogP contribution in [0.15, 0.2) is 12.1 Å². The summed E-state index contributed by atoms with van der Waals surface area (Å²) in [6.07, 6.45) is -2.77. The number of nitro benzene ring substituents is 1. The third kappa shape index (κ3) is 3.97. The van der Waals surface area contributed by atoms with E-state index in [2.05, 4.69) is 0 Å². The van der Waals surface area contributed by atoms with Gasteiger partial charge in [-0.3, -0.25) is 10.1 Å². The van der Waals surface area contributed by atoms with E-state index in [0.29, 0.717) is 6.07 Å². The molecule has 5 nitrogen and oxygen atoms in total. The van der Waals surface area contributed by atoms with Gasteiger partial charge in [-0.15, -0.1) is 0 Å². The lowest BCUT2D eigenvalue weighted by atomic mass is 10.2. The van der Waals surface area contributed by atoms with Crippen LogP contribution in [0.3, 0.4) is 0 Å². The highest BCUT2D eigenvalue weighted by atomic mass is 35.5. The Morgan fingerprint density at radius 1 is 1.47 bits per heavy atom. The Bertz CT molecular complexity index is 474. The molecule has 1 rings (SSSR count). The first kappa shape index (κ1) is 15.5. The lowest BCUT2D eigenvalue weighted by Gasteiger charge is -2.23. The summed E-state index contributed by atoms with van der Waals surface area (Å²) in [6, 6.07) is 1.46. The third-order valence-corrected chi connectivity index (χ3v) is 2.57. The maximum absolute atomic E-state index is 13.2. The molecule has 0 amide bonds. The molecule has 0 aromatic heterocycles. The molecule has 0 spiro atoms. The van der Waals surface area contributed by atoms with Gasteiger partial charge in [0.2, 0.25) is 0 Å². The predicted octanol–water partition coefficient (Wildman–Crippen LogP) is 2.45. The first-order valence-electron chi connectivity index (χ1n) is 5.14. The first-order valence-corrected chi connectivity index (χ1v) is 5.52. The SMILES string of the molecule is O=[N+]([O-])c1cc(F)c(Cl)cc1N(CCO)CC(F)F.